The molecular formula is C27H34FN3O3. The number of carbonyl (C=O) groups excluding carboxylic acids is 2. The molecule has 2 unspecified atom stereocenters. The molecule has 0 spiro atoms. The van der Waals surface area contributed by atoms with Crippen molar-refractivity contribution in [1.82, 2.24) is 9.80 Å². The van der Waals surface area contributed by atoms with Gasteiger partial charge < -0.3 is 19.4 Å². The van der Waals surface area contributed by atoms with Crippen LogP contribution in [-0.4, -0.2) is 61.4 Å². The fourth-order valence-corrected chi connectivity index (χ4v) is 5.21. The average molecular weight is 468 g/mol. The molecule has 6 nitrogen and oxygen atoms in total. The minimum Gasteiger partial charge on any atom is -0.496 e. The smallest absolute Gasteiger partial charge is 0.228 e. The van der Waals surface area contributed by atoms with Crippen LogP contribution in [0.3, 0.4) is 0 Å². The molecule has 2 fully saturated rings. The van der Waals surface area contributed by atoms with E-state index in [9.17, 15) is 14.0 Å². The number of para-hydroxylation sites is 2. The number of rotatable bonds is 7. The second-order valence-electron chi connectivity index (χ2n) is 9.04. The van der Waals surface area contributed by atoms with E-state index in [-0.39, 0.29) is 29.6 Å². The van der Waals surface area contributed by atoms with Crippen LogP contribution in [0.25, 0.3) is 0 Å². The van der Waals surface area contributed by atoms with Gasteiger partial charge in [0.1, 0.15) is 11.6 Å². The summed E-state index contributed by atoms with van der Waals surface area (Å²) in [6, 6.07) is 14.1. The first-order valence-electron chi connectivity index (χ1n) is 12.3. The number of ether oxygens (including phenoxy) is 1. The van der Waals surface area contributed by atoms with Crippen molar-refractivity contribution >= 4 is 17.5 Å². The van der Waals surface area contributed by atoms with Gasteiger partial charge in [-0.3, -0.25) is 9.59 Å². The Morgan fingerprint density at radius 2 is 1.76 bits per heavy atom. The van der Waals surface area contributed by atoms with Gasteiger partial charge in [0.05, 0.1) is 24.8 Å². The largest absolute Gasteiger partial charge is 0.496 e. The van der Waals surface area contributed by atoms with Gasteiger partial charge in [0, 0.05) is 44.7 Å². The third-order valence-corrected chi connectivity index (χ3v) is 7.02. The molecule has 0 aromatic heterocycles. The summed E-state index contributed by atoms with van der Waals surface area (Å²) in [6.07, 6.45) is 2.76. The van der Waals surface area contributed by atoms with E-state index in [0.717, 1.165) is 18.4 Å². The first-order valence-corrected chi connectivity index (χ1v) is 12.3. The average Bonchev–Trinajstić information content (AvgIpc) is 2.88. The van der Waals surface area contributed by atoms with E-state index in [2.05, 4.69) is 6.92 Å². The van der Waals surface area contributed by atoms with Crippen molar-refractivity contribution in [2.75, 3.05) is 44.7 Å². The molecule has 2 aromatic carbocycles. The second-order valence-corrected chi connectivity index (χ2v) is 9.04. The van der Waals surface area contributed by atoms with E-state index in [1.165, 1.54) is 6.07 Å². The number of benzene rings is 2. The lowest BCUT2D eigenvalue weighted by molar-refractivity contribution is -0.148. The molecule has 2 aromatic rings. The second kappa shape index (κ2) is 10.9. The van der Waals surface area contributed by atoms with Crippen LogP contribution >= 0.6 is 0 Å². The number of amides is 2. The van der Waals surface area contributed by atoms with E-state index in [4.69, 9.17) is 4.74 Å². The summed E-state index contributed by atoms with van der Waals surface area (Å²) in [7, 11) is 1.62. The minimum atomic E-state index is -0.346. The molecule has 2 heterocycles. The summed E-state index contributed by atoms with van der Waals surface area (Å²) in [4.78, 5) is 32.6. The Morgan fingerprint density at radius 3 is 2.47 bits per heavy atom. The van der Waals surface area contributed by atoms with Crippen LogP contribution in [0.1, 0.15) is 44.2 Å². The van der Waals surface area contributed by atoms with Crippen LogP contribution in [0.2, 0.25) is 0 Å². The molecule has 0 N–H and O–H groups in total. The SMILES string of the molecule is CCCCN1C(=O)CCC(C(=O)N2CCN(c3ccccc3F)CC2)C1c1ccccc1OC. The van der Waals surface area contributed by atoms with Crippen LogP contribution in [0.5, 0.6) is 5.75 Å². The zero-order valence-corrected chi connectivity index (χ0v) is 20.1. The Labute approximate surface area is 201 Å². The molecule has 2 aliphatic rings. The molecule has 0 bridgehead atoms. The maximum atomic E-state index is 14.2. The number of anilines is 1. The van der Waals surface area contributed by atoms with E-state index >= 15 is 0 Å². The van der Waals surface area contributed by atoms with Gasteiger partial charge in [-0.1, -0.05) is 43.7 Å². The summed E-state index contributed by atoms with van der Waals surface area (Å²) in [6.45, 7) is 4.96. The number of likely N-dealkylation sites (tertiary alicyclic amines) is 1. The van der Waals surface area contributed by atoms with Gasteiger partial charge in [-0.25, -0.2) is 4.39 Å². The predicted molar refractivity (Wildman–Crippen MR) is 130 cm³/mol. The number of piperazine rings is 1. The van der Waals surface area contributed by atoms with Gasteiger partial charge in [0.25, 0.3) is 0 Å². The first-order chi connectivity index (χ1) is 16.5. The number of methoxy groups -OCH3 is 1. The molecular weight excluding hydrogens is 433 g/mol. The molecule has 0 aliphatic carbocycles. The third kappa shape index (κ3) is 4.88. The van der Waals surface area contributed by atoms with E-state index in [1.54, 1.807) is 19.2 Å². The summed E-state index contributed by atoms with van der Waals surface area (Å²) in [5.74, 6) is 0.295. The highest BCUT2D eigenvalue weighted by atomic mass is 19.1. The van der Waals surface area contributed by atoms with Crippen molar-refractivity contribution in [2.24, 2.45) is 5.92 Å². The molecule has 4 rings (SSSR count). The van der Waals surface area contributed by atoms with Crippen LogP contribution in [-0.2, 0) is 9.59 Å². The molecule has 182 valence electrons. The van der Waals surface area contributed by atoms with Crippen molar-refractivity contribution in [1.29, 1.82) is 0 Å². The Kier molecular flexibility index (Phi) is 7.70. The van der Waals surface area contributed by atoms with Gasteiger partial charge in [-0.05, 0) is 31.0 Å². The zero-order valence-electron chi connectivity index (χ0n) is 20.1. The number of nitrogens with zero attached hydrogens (tertiary/aromatic N) is 3. The number of piperidine rings is 1. The first kappa shape index (κ1) is 24.0. The Balaban J connectivity index is 1.56. The maximum absolute atomic E-state index is 14.2. The van der Waals surface area contributed by atoms with E-state index < -0.39 is 0 Å². The van der Waals surface area contributed by atoms with Gasteiger partial charge in [-0.2, -0.15) is 0 Å². The van der Waals surface area contributed by atoms with Crippen molar-refractivity contribution in [3.63, 3.8) is 0 Å². The highest BCUT2D eigenvalue weighted by Crippen LogP contribution is 2.41. The monoisotopic (exact) mass is 467 g/mol. The quantitative estimate of drug-likeness (QED) is 0.611. The summed E-state index contributed by atoms with van der Waals surface area (Å²) in [5, 5.41) is 0. The topological polar surface area (TPSA) is 53.1 Å². The van der Waals surface area contributed by atoms with Gasteiger partial charge in [0.15, 0.2) is 0 Å². The molecule has 2 saturated heterocycles. The Hall–Kier alpha value is -3.09. The molecule has 34 heavy (non-hydrogen) atoms. The lowest BCUT2D eigenvalue weighted by Gasteiger charge is -2.44. The van der Waals surface area contributed by atoms with Crippen LogP contribution < -0.4 is 9.64 Å². The predicted octanol–water partition coefficient (Wildman–Crippen LogP) is 4.26. The Bertz CT molecular complexity index is 1010. The van der Waals surface area contributed by atoms with Crippen LogP contribution in [0.4, 0.5) is 10.1 Å². The fraction of sp³-hybridized carbons (Fsp3) is 0.481. The van der Waals surface area contributed by atoms with E-state index in [0.29, 0.717) is 57.0 Å². The number of hydrogen-bond donors (Lipinski definition) is 0. The maximum Gasteiger partial charge on any atom is 0.228 e. The van der Waals surface area contributed by atoms with Gasteiger partial charge >= 0.3 is 0 Å². The molecule has 2 amide bonds. The molecule has 7 heteroatoms. The standard InChI is InChI=1S/C27H34FN3O3/c1-3-4-15-31-25(32)14-13-21(26(31)20-9-5-8-12-24(20)34-2)27(33)30-18-16-29(17-19-30)23-11-7-6-10-22(23)28/h5-12,21,26H,3-4,13-19H2,1-2H3. The summed E-state index contributed by atoms with van der Waals surface area (Å²) >= 11 is 0. The van der Waals surface area contributed by atoms with Crippen LogP contribution in [0, 0.1) is 11.7 Å². The lowest BCUT2D eigenvalue weighted by Crippen LogP contribution is -2.54. The zero-order chi connectivity index (χ0) is 24.1. The highest BCUT2D eigenvalue weighted by molar-refractivity contribution is 5.85. The molecule has 2 aliphatic heterocycles. The number of halogens is 1. The number of carbonyl (C=O) groups is 2. The number of hydrogen-bond acceptors (Lipinski definition) is 4. The summed E-state index contributed by atoms with van der Waals surface area (Å²) in [5.41, 5.74) is 1.47. The third-order valence-electron chi connectivity index (χ3n) is 7.02. The summed E-state index contributed by atoms with van der Waals surface area (Å²) < 4.78 is 19.9. The molecule has 2 atom stereocenters. The molecule has 0 radical (unpaired) electrons. The van der Waals surface area contributed by atoms with Crippen molar-refractivity contribution in [3.05, 3.63) is 59.9 Å². The van der Waals surface area contributed by atoms with Gasteiger partial charge in [0.2, 0.25) is 11.8 Å². The van der Waals surface area contributed by atoms with Crippen molar-refractivity contribution < 1.29 is 18.7 Å². The van der Waals surface area contributed by atoms with Crippen LogP contribution in [0.15, 0.2) is 48.5 Å². The van der Waals surface area contributed by atoms with Gasteiger partial charge in [-0.15, -0.1) is 0 Å². The number of unbranched alkanes of at least 4 members (excludes halogenated alkanes) is 1. The van der Waals surface area contributed by atoms with Crippen molar-refractivity contribution in [2.45, 2.75) is 38.6 Å². The fourth-order valence-electron chi connectivity index (χ4n) is 5.21. The minimum absolute atomic E-state index is 0.0677. The lowest BCUT2D eigenvalue weighted by atomic mass is 9.82. The Morgan fingerprint density at radius 1 is 1.06 bits per heavy atom. The highest BCUT2D eigenvalue weighted by Gasteiger charge is 2.43. The normalized spacial score (nSPS) is 21.0. The molecule has 0 saturated carbocycles. The van der Waals surface area contributed by atoms with E-state index in [1.807, 2.05) is 45.0 Å². The van der Waals surface area contributed by atoms with Crippen molar-refractivity contribution in [3.8, 4) is 5.75 Å².